The SMILES string of the molecule is O=C(Nc1ccc(NCCCO)nc1)c1c(F)cccc1Cl. The van der Waals surface area contributed by atoms with Crippen LogP contribution in [0.15, 0.2) is 36.5 Å². The van der Waals surface area contributed by atoms with Gasteiger partial charge >= 0.3 is 0 Å². The van der Waals surface area contributed by atoms with Crippen molar-refractivity contribution in [3.8, 4) is 0 Å². The standard InChI is InChI=1S/C15H15ClFN3O2/c16-11-3-1-4-12(17)14(11)15(22)20-10-5-6-13(19-9-10)18-7-2-8-21/h1,3-6,9,21H,2,7-8H2,(H,18,19)(H,20,22). The molecule has 3 N–H and O–H groups in total. The van der Waals surface area contributed by atoms with E-state index in [2.05, 4.69) is 15.6 Å². The number of nitrogens with one attached hydrogen (secondary N) is 2. The van der Waals surface area contributed by atoms with E-state index in [1.54, 1.807) is 12.1 Å². The van der Waals surface area contributed by atoms with E-state index in [0.717, 1.165) is 0 Å². The Balaban J connectivity index is 2.03. The van der Waals surface area contributed by atoms with Crippen LogP contribution in [0.4, 0.5) is 15.9 Å². The summed E-state index contributed by atoms with van der Waals surface area (Å²) in [5.41, 5.74) is 0.228. The molecule has 0 unspecified atom stereocenters. The predicted molar refractivity (Wildman–Crippen MR) is 83.8 cm³/mol. The fourth-order valence-corrected chi connectivity index (χ4v) is 2.03. The maximum atomic E-state index is 13.6. The molecule has 1 aromatic carbocycles. The van der Waals surface area contributed by atoms with E-state index in [9.17, 15) is 9.18 Å². The van der Waals surface area contributed by atoms with Gasteiger partial charge in [-0.2, -0.15) is 0 Å². The van der Waals surface area contributed by atoms with Crippen LogP contribution in [-0.4, -0.2) is 29.1 Å². The van der Waals surface area contributed by atoms with E-state index in [0.29, 0.717) is 24.5 Å². The van der Waals surface area contributed by atoms with Gasteiger partial charge in [-0.05, 0) is 30.7 Å². The number of aromatic nitrogens is 1. The smallest absolute Gasteiger partial charge is 0.260 e. The van der Waals surface area contributed by atoms with Gasteiger partial charge in [-0.1, -0.05) is 17.7 Å². The molecule has 0 saturated heterocycles. The third-order valence-electron chi connectivity index (χ3n) is 2.85. The van der Waals surface area contributed by atoms with E-state index in [-0.39, 0.29) is 17.2 Å². The topological polar surface area (TPSA) is 74.2 Å². The van der Waals surface area contributed by atoms with Crippen molar-refractivity contribution >= 4 is 29.0 Å². The number of hydrogen-bond donors (Lipinski definition) is 3. The van der Waals surface area contributed by atoms with Gasteiger partial charge in [-0.3, -0.25) is 4.79 Å². The molecule has 0 aliphatic carbocycles. The van der Waals surface area contributed by atoms with Crippen molar-refractivity contribution in [1.29, 1.82) is 0 Å². The number of carbonyl (C=O) groups excluding carboxylic acids is 1. The van der Waals surface area contributed by atoms with Crippen LogP contribution < -0.4 is 10.6 Å². The number of nitrogens with zero attached hydrogens (tertiary/aromatic N) is 1. The molecule has 2 rings (SSSR count). The van der Waals surface area contributed by atoms with E-state index in [4.69, 9.17) is 16.7 Å². The average Bonchev–Trinajstić information content (AvgIpc) is 2.49. The Labute approximate surface area is 132 Å². The number of aliphatic hydroxyl groups is 1. The molecule has 1 aromatic heterocycles. The Hall–Kier alpha value is -2.18. The molecule has 0 bridgehead atoms. The molecular formula is C15H15ClFN3O2. The van der Waals surface area contributed by atoms with Gasteiger partial charge < -0.3 is 15.7 Å². The van der Waals surface area contributed by atoms with Gasteiger partial charge in [0.1, 0.15) is 11.6 Å². The lowest BCUT2D eigenvalue weighted by atomic mass is 10.2. The van der Waals surface area contributed by atoms with Gasteiger partial charge in [-0.25, -0.2) is 9.37 Å². The lowest BCUT2D eigenvalue weighted by Crippen LogP contribution is -2.14. The van der Waals surface area contributed by atoms with Crippen LogP contribution in [0.25, 0.3) is 0 Å². The second-order valence-corrected chi connectivity index (χ2v) is 4.89. The van der Waals surface area contributed by atoms with Crippen molar-refractivity contribution in [3.05, 3.63) is 52.9 Å². The first-order chi connectivity index (χ1) is 10.6. The highest BCUT2D eigenvalue weighted by Crippen LogP contribution is 2.20. The summed E-state index contributed by atoms with van der Waals surface area (Å²) in [5, 5.41) is 14.3. The summed E-state index contributed by atoms with van der Waals surface area (Å²) in [6.07, 6.45) is 2.07. The molecule has 0 aliphatic heterocycles. The maximum Gasteiger partial charge on any atom is 0.260 e. The molecule has 7 heteroatoms. The van der Waals surface area contributed by atoms with E-state index in [1.807, 2.05) is 0 Å². The van der Waals surface area contributed by atoms with Crippen molar-refractivity contribution in [2.75, 3.05) is 23.8 Å². The zero-order valence-corrected chi connectivity index (χ0v) is 12.4. The molecule has 0 aliphatic rings. The van der Waals surface area contributed by atoms with Crippen molar-refractivity contribution in [1.82, 2.24) is 4.98 Å². The van der Waals surface area contributed by atoms with Gasteiger partial charge in [0.05, 0.1) is 22.5 Å². The summed E-state index contributed by atoms with van der Waals surface area (Å²) >= 11 is 5.84. The fraction of sp³-hybridized carbons (Fsp3) is 0.200. The first-order valence-corrected chi connectivity index (χ1v) is 7.06. The highest BCUT2D eigenvalue weighted by atomic mass is 35.5. The third kappa shape index (κ3) is 4.16. The molecule has 1 amide bonds. The molecule has 0 spiro atoms. The summed E-state index contributed by atoms with van der Waals surface area (Å²) in [6, 6.07) is 7.37. The second-order valence-electron chi connectivity index (χ2n) is 4.49. The van der Waals surface area contributed by atoms with E-state index >= 15 is 0 Å². The number of aliphatic hydroxyl groups excluding tert-OH is 1. The first-order valence-electron chi connectivity index (χ1n) is 6.68. The van der Waals surface area contributed by atoms with Crippen LogP contribution in [0.3, 0.4) is 0 Å². The molecule has 0 radical (unpaired) electrons. The molecule has 1 heterocycles. The predicted octanol–water partition coefficient (Wildman–Crippen LogP) is 2.92. The van der Waals surface area contributed by atoms with E-state index < -0.39 is 11.7 Å². The maximum absolute atomic E-state index is 13.6. The van der Waals surface area contributed by atoms with Crippen molar-refractivity contribution in [3.63, 3.8) is 0 Å². The summed E-state index contributed by atoms with van der Waals surface area (Å²) in [4.78, 5) is 16.2. The minimum atomic E-state index is -0.680. The second kappa shape index (κ2) is 7.72. The molecule has 0 fully saturated rings. The highest BCUT2D eigenvalue weighted by Gasteiger charge is 2.15. The monoisotopic (exact) mass is 323 g/mol. The lowest BCUT2D eigenvalue weighted by molar-refractivity contribution is 0.102. The van der Waals surface area contributed by atoms with Crippen LogP contribution in [0.2, 0.25) is 5.02 Å². The van der Waals surface area contributed by atoms with Gasteiger partial charge in [0.2, 0.25) is 0 Å². The number of benzene rings is 1. The Morgan fingerprint density at radius 1 is 1.32 bits per heavy atom. The van der Waals surface area contributed by atoms with Crippen LogP contribution in [0, 0.1) is 5.82 Å². The van der Waals surface area contributed by atoms with Crippen molar-refractivity contribution in [2.45, 2.75) is 6.42 Å². The molecule has 5 nitrogen and oxygen atoms in total. The third-order valence-corrected chi connectivity index (χ3v) is 3.17. The summed E-state index contributed by atoms with van der Waals surface area (Å²) < 4.78 is 13.6. The normalized spacial score (nSPS) is 10.3. The fourth-order valence-electron chi connectivity index (χ4n) is 1.78. The Morgan fingerprint density at radius 3 is 2.77 bits per heavy atom. The lowest BCUT2D eigenvalue weighted by Gasteiger charge is -2.09. The Kier molecular flexibility index (Phi) is 5.68. The number of hydrogen-bond acceptors (Lipinski definition) is 4. The van der Waals surface area contributed by atoms with Crippen LogP contribution in [-0.2, 0) is 0 Å². The summed E-state index contributed by atoms with van der Waals surface area (Å²) in [6.45, 7) is 0.699. The zero-order valence-electron chi connectivity index (χ0n) is 11.6. The minimum absolute atomic E-state index is 0.0488. The zero-order chi connectivity index (χ0) is 15.9. The van der Waals surface area contributed by atoms with Crippen LogP contribution in [0.1, 0.15) is 16.8 Å². The molecule has 2 aromatic rings. The van der Waals surface area contributed by atoms with Crippen molar-refractivity contribution < 1.29 is 14.3 Å². The van der Waals surface area contributed by atoms with Crippen molar-refractivity contribution in [2.24, 2.45) is 0 Å². The molecule has 0 saturated carbocycles. The average molecular weight is 324 g/mol. The number of rotatable bonds is 6. The van der Waals surface area contributed by atoms with Crippen LogP contribution in [0.5, 0.6) is 0 Å². The van der Waals surface area contributed by atoms with Gasteiger partial charge in [0, 0.05) is 13.2 Å². The summed E-state index contributed by atoms with van der Waals surface area (Å²) in [7, 11) is 0. The number of carbonyl (C=O) groups is 1. The number of halogens is 2. The largest absolute Gasteiger partial charge is 0.396 e. The number of amides is 1. The highest BCUT2D eigenvalue weighted by molar-refractivity contribution is 6.34. The number of anilines is 2. The Bertz CT molecular complexity index is 629. The van der Waals surface area contributed by atoms with E-state index in [1.165, 1.54) is 24.4 Å². The number of pyridine rings is 1. The summed E-state index contributed by atoms with van der Waals surface area (Å²) in [5.74, 6) is -0.693. The quantitative estimate of drug-likeness (QED) is 0.715. The molecule has 116 valence electrons. The van der Waals surface area contributed by atoms with Gasteiger partial charge in [0.15, 0.2) is 0 Å². The minimum Gasteiger partial charge on any atom is -0.396 e. The Morgan fingerprint density at radius 2 is 2.14 bits per heavy atom. The first kappa shape index (κ1) is 16.2. The molecular weight excluding hydrogens is 309 g/mol. The van der Waals surface area contributed by atoms with Gasteiger partial charge in [0.25, 0.3) is 5.91 Å². The van der Waals surface area contributed by atoms with Crippen LogP contribution >= 0.6 is 11.6 Å². The van der Waals surface area contributed by atoms with Gasteiger partial charge in [-0.15, -0.1) is 0 Å². The molecule has 0 atom stereocenters. The molecule has 22 heavy (non-hydrogen) atoms.